The van der Waals surface area contributed by atoms with Crippen LogP contribution in [0.3, 0.4) is 0 Å². The number of carbonyl (C=O) groups is 2. The number of amides is 2. The Kier molecular flexibility index (Phi) is 10.5. The minimum atomic E-state index is -3.53. The number of hydrogen-bond acceptors (Lipinski definition) is 4. The average molecular weight is 516 g/mol. The van der Waals surface area contributed by atoms with Gasteiger partial charge < -0.3 is 10.2 Å². The summed E-state index contributed by atoms with van der Waals surface area (Å²) in [6.07, 6.45) is 2.44. The maximum absolute atomic E-state index is 13.4. The molecule has 0 unspecified atom stereocenters. The second kappa shape index (κ2) is 12.9. The van der Waals surface area contributed by atoms with Gasteiger partial charge in [0.1, 0.15) is 6.04 Å². The zero-order chi connectivity index (χ0) is 27.0. The first kappa shape index (κ1) is 29.4. The van der Waals surface area contributed by atoms with E-state index in [1.165, 1.54) is 10.6 Å². The smallest absolute Gasteiger partial charge is 0.242 e. The van der Waals surface area contributed by atoms with Crippen molar-refractivity contribution < 1.29 is 18.0 Å². The Hall–Kier alpha value is -2.87. The molecule has 7 nitrogen and oxygen atoms in total. The van der Waals surface area contributed by atoms with Gasteiger partial charge in [0.15, 0.2) is 0 Å². The van der Waals surface area contributed by atoms with Gasteiger partial charge in [0.2, 0.25) is 21.8 Å². The van der Waals surface area contributed by atoms with Crippen molar-refractivity contribution in [3.05, 3.63) is 64.7 Å². The number of benzene rings is 2. The molecule has 0 aliphatic rings. The fourth-order valence-corrected chi connectivity index (χ4v) is 4.94. The highest BCUT2D eigenvalue weighted by Crippen LogP contribution is 2.25. The van der Waals surface area contributed by atoms with E-state index in [4.69, 9.17) is 0 Å². The Morgan fingerprint density at radius 2 is 1.64 bits per heavy atom. The normalized spacial score (nSPS) is 13.1. The standard InChI is InChI=1S/C28H41N3O4S/c1-8-22(4)29-28(33)24(6)30(19-25-16-14-20(2)15-17-25)27(32)13-10-18-31(36(7,34)35)26-12-9-11-21(3)23(26)5/h9,11-12,14-17,22,24H,8,10,13,18-19H2,1-7H3,(H,29,33)/t22-,24+/m1/s1. The number of nitrogens with one attached hydrogen (secondary N) is 1. The first-order valence-electron chi connectivity index (χ1n) is 12.5. The summed E-state index contributed by atoms with van der Waals surface area (Å²) < 4.78 is 26.5. The molecule has 2 aromatic rings. The van der Waals surface area contributed by atoms with Crippen LogP contribution in [0.25, 0.3) is 0 Å². The maximum Gasteiger partial charge on any atom is 0.242 e. The van der Waals surface area contributed by atoms with E-state index in [1.54, 1.807) is 17.9 Å². The van der Waals surface area contributed by atoms with Crippen LogP contribution < -0.4 is 9.62 Å². The molecule has 8 heteroatoms. The molecule has 0 aromatic heterocycles. The molecule has 2 aromatic carbocycles. The third kappa shape index (κ3) is 8.08. The van der Waals surface area contributed by atoms with Gasteiger partial charge in [0, 0.05) is 25.6 Å². The molecule has 36 heavy (non-hydrogen) atoms. The second-order valence-electron chi connectivity index (χ2n) is 9.66. The van der Waals surface area contributed by atoms with Gasteiger partial charge in [-0.3, -0.25) is 13.9 Å². The molecule has 2 rings (SSSR count). The quantitative estimate of drug-likeness (QED) is 0.451. The van der Waals surface area contributed by atoms with Gasteiger partial charge in [-0.05, 0) is 70.2 Å². The van der Waals surface area contributed by atoms with Crippen molar-refractivity contribution in [2.45, 2.75) is 79.4 Å². The summed E-state index contributed by atoms with van der Waals surface area (Å²) in [7, 11) is -3.53. The van der Waals surface area contributed by atoms with Gasteiger partial charge in [-0.25, -0.2) is 8.42 Å². The summed E-state index contributed by atoms with van der Waals surface area (Å²) >= 11 is 0. The van der Waals surface area contributed by atoms with Crippen molar-refractivity contribution in [1.29, 1.82) is 0 Å². The highest BCUT2D eigenvalue weighted by molar-refractivity contribution is 7.92. The molecule has 0 aliphatic carbocycles. The van der Waals surface area contributed by atoms with Crippen LogP contribution in [0, 0.1) is 20.8 Å². The molecule has 2 atom stereocenters. The van der Waals surface area contributed by atoms with Crippen LogP contribution in [0.2, 0.25) is 0 Å². The van der Waals surface area contributed by atoms with Crippen molar-refractivity contribution >= 4 is 27.5 Å². The van der Waals surface area contributed by atoms with E-state index in [0.717, 1.165) is 28.7 Å². The molecule has 198 valence electrons. The van der Waals surface area contributed by atoms with Crippen LogP contribution in [0.5, 0.6) is 0 Å². The van der Waals surface area contributed by atoms with Crippen LogP contribution >= 0.6 is 0 Å². The second-order valence-corrected chi connectivity index (χ2v) is 11.6. The van der Waals surface area contributed by atoms with E-state index in [-0.39, 0.29) is 30.8 Å². The minimum Gasteiger partial charge on any atom is -0.352 e. The molecular formula is C28H41N3O4S. The molecule has 0 bridgehead atoms. The lowest BCUT2D eigenvalue weighted by Crippen LogP contribution is -2.49. The van der Waals surface area contributed by atoms with E-state index >= 15 is 0 Å². The lowest BCUT2D eigenvalue weighted by atomic mass is 10.1. The number of rotatable bonds is 12. The fourth-order valence-electron chi connectivity index (χ4n) is 3.93. The third-order valence-electron chi connectivity index (χ3n) is 6.64. The lowest BCUT2D eigenvalue weighted by molar-refractivity contribution is -0.140. The Bertz CT molecular complexity index is 1150. The molecule has 1 N–H and O–H groups in total. The third-order valence-corrected chi connectivity index (χ3v) is 7.82. The average Bonchev–Trinajstić information content (AvgIpc) is 2.82. The van der Waals surface area contributed by atoms with E-state index in [9.17, 15) is 18.0 Å². The molecule has 0 heterocycles. The van der Waals surface area contributed by atoms with Crippen molar-refractivity contribution in [3.8, 4) is 0 Å². The molecule has 0 aliphatic heterocycles. The molecule has 0 fully saturated rings. The van der Waals surface area contributed by atoms with Gasteiger partial charge in [-0.1, -0.05) is 48.9 Å². The number of carbonyl (C=O) groups excluding carboxylic acids is 2. The zero-order valence-corrected chi connectivity index (χ0v) is 23.5. The summed E-state index contributed by atoms with van der Waals surface area (Å²) in [5.41, 5.74) is 4.58. The highest BCUT2D eigenvalue weighted by Gasteiger charge is 2.27. The highest BCUT2D eigenvalue weighted by atomic mass is 32.2. The predicted octanol–water partition coefficient (Wildman–Crippen LogP) is 4.49. The summed E-state index contributed by atoms with van der Waals surface area (Å²) in [6.45, 7) is 12.0. The molecule has 2 amide bonds. The fraction of sp³-hybridized carbons (Fsp3) is 0.500. The Balaban J connectivity index is 2.20. The summed E-state index contributed by atoms with van der Waals surface area (Å²) in [6, 6.07) is 12.8. The zero-order valence-electron chi connectivity index (χ0n) is 22.7. The molecule has 0 saturated carbocycles. The Labute approximate surface area is 216 Å². The van der Waals surface area contributed by atoms with Crippen molar-refractivity contribution in [2.75, 3.05) is 17.1 Å². The first-order valence-corrected chi connectivity index (χ1v) is 14.4. The molecule has 0 saturated heterocycles. The largest absolute Gasteiger partial charge is 0.352 e. The SMILES string of the molecule is CC[C@@H](C)NC(=O)[C@H](C)N(Cc1ccc(C)cc1)C(=O)CCCN(c1cccc(C)c1C)S(C)(=O)=O. The summed E-state index contributed by atoms with van der Waals surface area (Å²) in [4.78, 5) is 27.8. The summed E-state index contributed by atoms with van der Waals surface area (Å²) in [5.74, 6) is -0.380. The van der Waals surface area contributed by atoms with Crippen molar-refractivity contribution in [1.82, 2.24) is 10.2 Å². The lowest BCUT2D eigenvalue weighted by Gasteiger charge is -2.30. The Morgan fingerprint density at radius 1 is 1.00 bits per heavy atom. The van der Waals surface area contributed by atoms with Gasteiger partial charge in [-0.2, -0.15) is 0 Å². The van der Waals surface area contributed by atoms with Crippen LogP contribution in [0.4, 0.5) is 5.69 Å². The summed E-state index contributed by atoms with van der Waals surface area (Å²) in [5, 5.41) is 2.97. The topological polar surface area (TPSA) is 86.8 Å². The number of aryl methyl sites for hydroxylation is 2. The van der Waals surface area contributed by atoms with Gasteiger partial charge in [0.25, 0.3) is 0 Å². The van der Waals surface area contributed by atoms with Gasteiger partial charge >= 0.3 is 0 Å². The van der Waals surface area contributed by atoms with Crippen LogP contribution in [0.15, 0.2) is 42.5 Å². The van der Waals surface area contributed by atoms with Crippen molar-refractivity contribution in [2.24, 2.45) is 0 Å². The van der Waals surface area contributed by atoms with Gasteiger partial charge in [-0.15, -0.1) is 0 Å². The number of sulfonamides is 1. The van der Waals surface area contributed by atoms with Crippen molar-refractivity contribution in [3.63, 3.8) is 0 Å². The maximum atomic E-state index is 13.4. The number of nitrogens with zero attached hydrogens (tertiary/aromatic N) is 2. The van der Waals surface area contributed by atoms with Crippen LogP contribution in [-0.2, 0) is 26.2 Å². The molecule has 0 spiro atoms. The molecular weight excluding hydrogens is 474 g/mol. The Morgan fingerprint density at radius 3 is 2.22 bits per heavy atom. The monoisotopic (exact) mass is 515 g/mol. The van der Waals surface area contributed by atoms with E-state index in [2.05, 4.69) is 5.32 Å². The van der Waals surface area contributed by atoms with E-state index in [1.807, 2.05) is 71.0 Å². The minimum absolute atomic E-state index is 0.0113. The van der Waals surface area contributed by atoms with E-state index < -0.39 is 16.1 Å². The number of anilines is 1. The van der Waals surface area contributed by atoms with E-state index in [0.29, 0.717) is 18.7 Å². The van der Waals surface area contributed by atoms with Gasteiger partial charge in [0.05, 0.1) is 11.9 Å². The number of hydrogen-bond donors (Lipinski definition) is 1. The predicted molar refractivity (Wildman–Crippen MR) is 146 cm³/mol. The van der Waals surface area contributed by atoms with Crippen LogP contribution in [-0.4, -0.2) is 50.0 Å². The molecule has 0 radical (unpaired) electrons. The van der Waals surface area contributed by atoms with Crippen LogP contribution in [0.1, 0.15) is 62.3 Å². The first-order chi connectivity index (χ1) is 16.8.